The molecule has 1 amide bonds. The van der Waals surface area contributed by atoms with Crippen LogP contribution in [-0.4, -0.2) is 57.0 Å². The van der Waals surface area contributed by atoms with E-state index in [1.54, 1.807) is 12.3 Å². The maximum absolute atomic E-state index is 15.3. The number of aromatic nitrogens is 8. The molecular formula is C25H19ClFN9O2. The number of carbonyl (C=O) groups excluding carboxylic acids is 1. The summed E-state index contributed by atoms with van der Waals surface area (Å²) in [6.45, 7) is 0. The maximum Gasteiger partial charge on any atom is 0.323 e. The molecule has 0 aliphatic carbocycles. The van der Waals surface area contributed by atoms with Crippen molar-refractivity contribution in [3.63, 3.8) is 0 Å². The van der Waals surface area contributed by atoms with Crippen LogP contribution >= 0.6 is 11.6 Å². The Kier molecular flexibility index (Phi) is 5.05. The molecule has 0 radical (unpaired) electrons. The number of nitrogens with one attached hydrogen (secondary N) is 3. The van der Waals surface area contributed by atoms with Gasteiger partial charge in [-0.3, -0.25) is 4.79 Å². The van der Waals surface area contributed by atoms with Crippen LogP contribution in [-0.2, 0) is 4.79 Å². The largest absolute Gasteiger partial charge is 0.340 e. The lowest BCUT2D eigenvalue weighted by atomic mass is 9.92. The number of halogens is 2. The molecule has 0 bridgehead atoms. The number of tetrazole rings is 1. The van der Waals surface area contributed by atoms with E-state index in [1.807, 2.05) is 23.1 Å². The molecule has 2 aromatic carbocycles. The zero-order chi connectivity index (χ0) is 26.0. The average Bonchev–Trinajstić information content (AvgIpc) is 3.70. The van der Waals surface area contributed by atoms with Crippen LogP contribution in [0.25, 0.3) is 33.6 Å². The van der Waals surface area contributed by atoms with Crippen LogP contribution in [0.3, 0.4) is 0 Å². The summed E-state index contributed by atoms with van der Waals surface area (Å²) in [4.78, 5) is 40.3. The Balaban J connectivity index is 1.21. The molecule has 2 aliphatic rings. The summed E-state index contributed by atoms with van der Waals surface area (Å²) in [7, 11) is 0. The van der Waals surface area contributed by atoms with Gasteiger partial charge in [-0.05, 0) is 59.5 Å². The molecule has 2 atom stereocenters. The number of H-pyrrole nitrogens is 3. The summed E-state index contributed by atoms with van der Waals surface area (Å²) in [5.41, 5.74) is 3.98. The smallest absolute Gasteiger partial charge is 0.323 e. The van der Waals surface area contributed by atoms with Gasteiger partial charge in [-0.15, -0.1) is 5.10 Å². The highest BCUT2D eigenvalue weighted by molar-refractivity contribution is 6.31. The van der Waals surface area contributed by atoms with Gasteiger partial charge < -0.3 is 19.9 Å². The maximum atomic E-state index is 15.3. The lowest BCUT2D eigenvalue weighted by molar-refractivity contribution is -0.129. The van der Waals surface area contributed by atoms with E-state index >= 15 is 4.39 Å². The number of aromatic amines is 3. The van der Waals surface area contributed by atoms with E-state index in [4.69, 9.17) is 11.6 Å². The van der Waals surface area contributed by atoms with E-state index in [2.05, 4.69) is 35.5 Å². The van der Waals surface area contributed by atoms with E-state index < -0.39 is 5.82 Å². The van der Waals surface area contributed by atoms with Crippen LogP contribution in [0.2, 0.25) is 5.02 Å². The van der Waals surface area contributed by atoms with Crippen LogP contribution in [0.4, 0.5) is 4.39 Å². The summed E-state index contributed by atoms with van der Waals surface area (Å²) >= 11 is 6.11. The summed E-state index contributed by atoms with van der Waals surface area (Å²) in [5, 5.41) is 11.1. The number of hydrogen-bond acceptors (Lipinski definition) is 6. The standard InChI is InChI=1S/C25H19ClFN9O2/c26-15-3-6-19(35-11-29-33-34-35)22(23(15)27)13-7-14-2-5-20(36(14)21(37)9-13)24-28-10-18(30-24)12-1-4-16-17(8-12)32-25(38)31-16/h1,3-4,6,8-11,14,20H,2,5,7H2,(H,28,30)(H2,31,32,38)/t14?,20-/m0/s1. The highest BCUT2D eigenvalue weighted by atomic mass is 35.5. The van der Waals surface area contributed by atoms with Gasteiger partial charge in [0.25, 0.3) is 0 Å². The third-order valence-corrected chi connectivity index (χ3v) is 7.53. The van der Waals surface area contributed by atoms with Crippen molar-refractivity contribution in [3.05, 3.63) is 81.6 Å². The van der Waals surface area contributed by atoms with Crippen LogP contribution in [0.15, 0.2) is 53.7 Å². The van der Waals surface area contributed by atoms with Crippen molar-refractivity contribution in [2.75, 3.05) is 0 Å². The van der Waals surface area contributed by atoms with Gasteiger partial charge in [-0.25, -0.2) is 14.2 Å². The van der Waals surface area contributed by atoms with Crippen molar-refractivity contribution in [3.8, 4) is 16.9 Å². The van der Waals surface area contributed by atoms with Gasteiger partial charge in [0.15, 0.2) is 5.82 Å². The predicted octanol–water partition coefficient (Wildman–Crippen LogP) is 3.53. The number of carbonyl (C=O) groups is 1. The summed E-state index contributed by atoms with van der Waals surface area (Å²) in [5.74, 6) is -0.151. The number of rotatable bonds is 4. The molecule has 1 fully saturated rings. The fourth-order valence-corrected chi connectivity index (χ4v) is 5.71. The summed E-state index contributed by atoms with van der Waals surface area (Å²) < 4.78 is 16.7. The number of imidazole rings is 2. The second kappa shape index (κ2) is 8.48. The van der Waals surface area contributed by atoms with Gasteiger partial charge in [0, 0.05) is 23.2 Å². The fraction of sp³-hybridized carbons (Fsp3) is 0.200. The van der Waals surface area contributed by atoms with E-state index in [-0.39, 0.29) is 34.3 Å². The second-order valence-electron chi connectivity index (χ2n) is 9.40. The molecule has 0 spiro atoms. The van der Waals surface area contributed by atoms with Gasteiger partial charge >= 0.3 is 5.69 Å². The minimum atomic E-state index is -0.613. The molecule has 5 aromatic rings. The van der Waals surface area contributed by atoms with Crippen LogP contribution in [0.5, 0.6) is 0 Å². The summed E-state index contributed by atoms with van der Waals surface area (Å²) in [6.07, 6.45) is 6.48. The molecule has 3 N–H and O–H groups in total. The molecule has 5 heterocycles. The predicted molar refractivity (Wildman–Crippen MR) is 136 cm³/mol. The topological polar surface area (TPSA) is 141 Å². The van der Waals surface area contributed by atoms with Crippen molar-refractivity contribution >= 4 is 34.1 Å². The first kappa shape index (κ1) is 22.6. The molecule has 13 heteroatoms. The van der Waals surface area contributed by atoms with E-state index in [1.165, 1.54) is 23.2 Å². The quantitative estimate of drug-likeness (QED) is 0.324. The molecular weight excluding hydrogens is 513 g/mol. The second-order valence-corrected chi connectivity index (χ2v) is 9.80. The van der Waals surface area contributed by atoms with Crippen LogP contribution in [0, 0.1) is 5.82 Å². The number of fused-ring (bicyclic) bond motifs is 2. The van der Waals surface area contributed by atoms with Crippen molar-refractivity contribution in [1.29, 1.82) is 0 Å². The third-order valence-electron chi connectivity index (χ3n) is 7.24. The molecule has 2 aliphatic heterocycles. The highest BCUT2D eigenvalue weighted by Gasteiger charge is 2.42. The zero-order valence-electron chi connectivity index (χ0n) is 19.7. The lowest BCUT2D eigenvalue weighted by Crippen LogP contribution is -2.39. The summed E-state index contributed by atoms with van der Waals surface area (Å²) in [6, 6.07) is 8.31. The zero-order valence-corrected chi connectivity index (χ0v) is 20.4. The average molecular weight is 532 g/mol. The molecule has 7 rings (SSSR count). The van der Waals surface area contributed by atoms with Crippen molar-refractivity contribution < 1.29 is 9.18 Å². The minimum absolute atomic E-state index is 0.0399. The molecule has 11 nitrogen and oxygen atoms in total. The van der Waals surface area contributed by atoms with Gasteiger partial charge in [-0.1, -0.05) is 17.7 Å². The van der Waals surface area contributed by atoms with E-state index in [0.29, 0.717) is 35.4 Å². The Morgan fingerprint density at radius 1 is 1.05 bits per heavy atom. The normalized spacial score (nSPS) is 19.3. The first-order valence-electron chi connectivity index (χ1n) is 12.0. The number of benzene rings is 2. The first-order valence-corrected chi connectivity index (χ1v) is 12.4. The molecule has 0 saturated carbocycles. The Hall–Kier alpha value is -4.58. The Bertz CT molecular complexity index is 1800. The number of hydrogen-bond donors (Lipinski definition) is 3. The van der Waals surface area contributed by atoms with Crippen LogP contribution < -0.4 is 5.69 Å². The first-order chi connectivity index (χ1) is 18.5. The molecule has 190 valence electrons. The number of nitrogens with zero attached hydrogens (tertiary/aromatic N) is 6. The SMILES string of the molecule is O=C1C=C(c2c(-n3cnnn3)ccc(Cl)c2F)CC2CC[C@@H](c3ncc(-c4ccc5[nH]c(=O)[nH]c5c4)[nH]3)N12. The third kappa shape index (κ3) is 3.56. The molecule has 38 heavy (non-hydrogen) atoms. The fourth-order valence-electron chi connectivity index (χ4n) is 5.56. The van der Waals surface area contributed by atoms with Gasteiger partial charge in [0.05, 0.1) is 39.7 Å². The Labute approximate surface area is 218 Å². The van der Waals surface area contributed by atoms with E-state index in [9.17, 15) is 9.59 Å². The number of amides is 1. The highest BCUT2D eigenvalue weighted by Crippen LogP contribution is 2.44. The van der Waals surface area contributed by atoms with Crippen molar-refractivity contribution in [2.45, 2.75) is 31.3 Å². The van der Waals surface area contributed by atoms with E-state index in [0.717, 1.165) is 23.2 Å². The molecule has 1 unspecified atom stereocenters. The van der Waals surface area contributed by atoms with Gasteiger partial charge in [-0.2, -0.15) is 4.68 Å². The minimum Gasteiger partial charge on any atom is -0.340 e. The molecule has 1 saturated heterocycles. The Morgan fingerprint density at radius 2 is 1.92 bits per heavy atom. The van der Waals surface area contributed by atoms with Crippen molar-refractivity contribution in [1.82, 2.24) is 45.0 Å². The molecule has 3 aromatic heterocycles. The van der Waals surface area contributed by atoms with Crippen LogP contribution in [0.1, 0.15) is 36.7 Å². The van der Waals surface area contributed by atoms with Gasteiger partial charge in [0.1, 0.15) is 12.2 Å². The Morgan fingerprint density at radius 3 is 2.76 bits per heavy atom. The lowest BCUT2D eigenvalue weighted by Gasteiger charge is -2.33. The van der Waals surface area contributed by atoms with Crippen molar-refractivity contribution in [2.24, 2.45) is 0 Å². The van der Waals surface area contributed by atoms with Gasteiger partial charge in [0.2, 0.25) is 5.91 Å². The monoisotopic (exact) mass is 531 g/mol.